The maximum Gasteiger partial charge on any atom is 0.192 e. The average Bonchev–Trinajstić information content (AvgIpc) is 3.04. The van der Waals surface area contributed by atoms with Crippen LogP contribution in [-0.4, -0.2) is 31.8 Å². The van der Waals surface area contributed by atoms with E-state index in [1.807, 2.05) is 19.1 Å². The molecule has 3 aromatic rings. The van der Waals surface area contributed by atoms with E-state index in [1.165, 1.54) is 5.56 Å². The lowest BCUT2D eigenvalue weighted by atomic mass is 10.1. The number of aromatic amines is 1. The monoisotopic (exact) mass is 269 g/mol. The van der Waals surface area contributed by atoms with Gasteiger partial charge in [-0.2, -0.15) is 15.4 Å². The number of aromatic nitrogens is 4. The number of nitrogens with zero attached hydrogens (tertiary/aromatic N) is 4. The van der Waals surface area contributed by atoms with E-state index in [9.17, 15) is 0 Å². The van der Waals surface area contributed by atoms with Crippen molar-refractivity contribution in [3.05, 3.63) is 41.0 Å². The van der Waals surface area contributed by atoms with Gasteiger partial charge in [-0.3, -0.25) is 4.90 Å². The summed E-state index contributed by atoms with van der Waals surface area (Å²) in [7, 11) is 0. The summed E-state index contributed by atoms with van der Waals surface area (Å²) in [5, 5.41) is 11.1. The molecule has 0 aliphatic carbocycles. The zero-order valence-electron chi connectivity index (χ0n) is 11.3. The molecule has 0 saturated carbocycles. The van der Waals surface area contributed by atoms with Gasteiger partial charge in [0.25, 0.3) is 0 Å². The van der Waals surface area contributed by atoms with Gasteiger partial charge in [0.05, 0.1) is 11.4 Å². The number of rotatable bonds is 2. The van der Waals surface area contributed by atoms with Crippen LogP contribution in [0.25, 0.3) is 11.1 Å². The van der Waals surface area contributed by atoms with Crippen molar-refractivity contribution in [2.24, 2.45) is 0 Å². The summed E-state index contributed by atoms with van der Waals surface area (Å²) in [6.45, 7) is 4.56. The van der Waals surface area contributed by atoms with Gasteiger partial charge in [-0.25, -0.2) is 4.98 Å². The predicted molar refractivity (Wildman–Crippen MR) is 72.9 cm³/mol. The Morgan fingerprint density at radius 2 is 2.20 bits per heavy atom. The molecule has 20 heavy (non-hydrogen) atoms. The maximum absolute atomic E-state index is 5.58. The Morgan fingerprint density at radius 3 is 3.15 bits per heavy atom. The summed E-state index contributed by atoms with van der Waals surface area (Å²) in [6, 6.07) is 6.10. The van der Waals surface area contributed by atoms with E-state index in [0.29, 0.717) is 5.89 Å². The molecule has 1 aliphatic heterocycles. The summed E-state index contributed by atoms with van der Waals surface area (Å²) >= 11 is 0. The van der Waals surface area contributed by atoms with E-state index >= 15 is 0 Å². The van der Waals surface area contributed by atoms with E-state index in [1.54, 1.807) is 0 Å². The molecule has 0 spiro atoms. The molecule has 0 bridgehead atoms. The van der Waals surface area contributed by atoms with Crippen molar-refractivity contribution in [1.29, 1.82) is 0 Å². The molecule has 0 unspecified atom stereocenters. The van der Waals surface area contributed by atoms with Crippen molar-refractivity contribution in [1.82, 2.24) is 25.3 Å². The average molecular weight is 269 g/mol. The van der Waals surface area contributed by atoms with Crippen molar-refractivity contribution in [2.75, 3.05) is 6.54 Å². The fraction of sp³-hybridized carbons (Fsp3) is 0.357. The quantitative estimate of drug-likeness (QED) is 0.768. The van der Waals surface area contributed by atoms with Gasteiger partial charge >= 0.3 is 0 Å². The first-order valence-electron chi connectivity index (χ1n) is 6.75. The molecule has 102 valence electrons. The largest absolute Gasteiger partial charge is 0.441 e. The number of H-pyrrole nitrogens is 1. The van der Waals surface area contributed by atoms with Crippen LogP contribution in [0.3, 0.4) is 0 Å². The second kappa shape index (κ2) is 4.42. The molecular formula is C14H15N5O. The van der Waals surface area contributed by atoms with Gasteiger partial charge in [-0.1, -0.05) is 12.1 Å². The second-order valence-electron chi connectivity index (χ2n) is 5.17. The Morgan fingerprint density at radius 1 is 1.30 bits per heavy atom. The highest BCUT2D eigenvalue weighted by molar-refractivity contribution is 5.76. The molecule has 0 atom stereocenters. The summed E-state index contributed by atoms with van der Waals surface area (Å²) < 4.78 is 5.58. The molecule has 6 nitrogen and oxygen atoms in total. The molecular weight excluding hydrogens is 254 g/mol. The summed E-state index contributed by atoms with van der Waals surface area (Å²) in [5.74, 6) is 0.713. The van der Waals surface area contributed by atoms with E-state index in [2.05, 4.69) is 31.4 Å². The van der Waals surface area contributed by atoms with Crippen LogP contribution in [0.2, 0.25) is 0 Å². The Hall–Kier alpha value is -2.21. The van der Waals surface area contributed by atoms with Crippen LogP contribution in [0.1, 0.15) is 22.8 Å². The first-order chi connectivity index (χ1) is 9.79. The topological polar surface area (TPSA) is 70.8 Å². The molecule has 2 aromatic heterocycles. The minimum Gasteiger partial charge on any atom is -0.441 e. The van der Waals surface area contributed by atoms with Gasteiger partial charge in [-0.15, -0.1) is 0 Å². The fourth-order valence-corrected chi connectivity index (χ4v) is 2.78. The molecule has 0 fully saturated rings. The SMILES string of the molecule is Cc1nc2c(CN3CCc4n[nH]nc4C3)cccc2o1. The van der Waals surface area contributed by atoms with Crippen LogP contribution in [0.15, 0.2) is 22.6 Å². The second-order valence-corrected chi connectivity index (χ2v) is 5.17. The first kappa shape index (κ1) is 11.6. The van der Waals surface area contributed by atoms with Crippen molar-refractivity contribution in [3.63, 3.8) is 0 Å². The third-order valence-corrected chi connectivity index (χ3v) is 3.74. The Bertz CT molecular complexity index is 760. The number of fused-ring (bicyclic) bond motifs is 2. The number of oxazole rings is 1. The number of benzene rings is 1. The Labute approximate surface area is 115 Å². The summed E-state index contributed by atoms with van der Waals surface area (Å²) in [5.41, 5.74) is 5.18. The van der Waals surface area contributed by atoms with Crippen molar-refractivity contribution in [3.8, 4) is 0 Å². The molecule has 0 saturated heterocycles. The van der Waals surface area contributed by atoms with Gasteiger partial charge in [0.15, 0.2) is 11.5 Å². The van der Waals surface area contributed by atoms with Crippen LogP contribution in [-0.2, 0) is 19.5 Å². The lowest BCUT2D eigenvalue weighted by Gasteiger charge is -2.25. The minimum atomic E-state index is 0.713. The molecule has 1 N–H and O–H groups in total. The van der Waals surface area contributed by atoms with Gasteiger partial charge in [0, 0.05) is 33.0 Å². The molecule has 1 aromatic carbocycles. The number of nitrogens with one attached hydrogen (secondary N) is 1. The van der Waals surface area contributed by atoms with E-state index in [4.69, 9.17) is 4.42 Å². The van der Waals surface area contributed by atoms with Crippen LogP contribution in [0.5, 0.6) is 0 Å². The zero-order chi connectivity index (χ0) is 13.5. The number of hydrogen-bond acceptors (Lipinski definition) is 5. The van der Waals surface area contributed by atoms with Crippen LogP contribution >= 0.6 is 0 Å². The van der Waals surface area contributed by atoms with Crippen molar-refractivity contribution >= 4 is 11.1 Å². The zero-order valence-corrected chi connectivity index (χ0v) is 11.3. The molecule has 1 aliphatic rings. The lowest BCUT2D eigenvalue weighted by molar-refractivity contribution is 0.242. The highest BCUT2D eigenvalue weighted by atomic mass is 16.3. The van der Waals surface area contributed by atoms with Crippen molar-refractivity contribution < 1.29 is 4.42 Å². The van der Waals surface area contributed by atoms with Crippen molar-refractivity contribution in [2.45, 2.75) is 26.4 Å². The van der Waals surface area contributed by atoms with Gasteiger partial charge in [-0.05, 0) is 11.6 Å². The standard InChI is InChI=1S/C14H15N5O/c1-9-15-14-10(3-2-4-13(14)20-9)7-19-6-5-11-12(8-19)17-18-16-11/h2-4H,5-8H2,1H3,(H,16,17,18). The Kier molecular flexibility index (Phi) is 2.56. The highest BCUT2D eigenvalue weighted by Gasteiger charge is 2.20. The maximum atomic E-state index is 5.58. The third kappa shape index (κ3) is 1.89. The lowest BCUT2D eigenvalue weighted by Crippen LogP contribution is -2.30. The van der Waals surface area contributed by atoms with Gasteiger partial charge in [0.2, 0.25) is 0 Å². The molecule has 6 heteroatoms. The van der Waals surface area contributed by atoms with E-state index < -0.39 is 0 Å². The first-order valence-corrected chi connectivity index (χ1v) is 6.75. The van der Waals surface area contributed by atoms with Gasteiger partial charge in [0.1, 0.15) is 5.52 Å². The summed E-state index contributed by atoms with van der Waals surface area (Å²) in [6.07, 6.45) is 0.944. The highest BCUT2D eigenvalue weighted by Crippen LogP contribution is 2.23. The third-order valence-electron chi connectivity index (χ3n) is 3.74. The summed E-state index contributed by atoms with van der Waals surface area (Å²) in [4.78, 5) is 6.85. The number of hydrogen-bond donors (Lipinski definition) is 1. The molecule has 3 heterocycles. The normalized spacial score (nSPS) is 15.7. The predicted octanol–water partition coefficient (Wildman–Crippen LogP) is 1.81. The number of aryl methyl sites for hydroxylation is 1. The molecule has 0 radical (unpaired) electrons. The van der Waals surface area contributed by atoms with Gasteiger partial charge < -0.3 is 4.42 Å². The minimum absolute atomic E-state index is 0.713. The van der Waals surface area contributed by atoms with E-state index in [0.717, 1.165) is 48.5 Å². The van der Waals surface area contributed by atoms with Crippen LogP contribution < -0.4 is 0 Å². The fourth-order valence-electron chi connectivity index (χ4n) is 2.78. The molecule has 4 rings (SSSR count). The van der Waals surface area contributed by atoms with E-state index in [-0.39, 0.29) is 0 Å². The van der Waals surface area contributed by atoms with Crippen LogP contribution in [0.4, 0.5) is 0 Å². The Balaban J connectivity index is 1.62. The smallest absolute Gasteiger partial charge is 0.192 e. The number of para-hydroxylation sites is 1. The molecule has 0 amide bonds. The van der Waals surface area contributed by atoms with Crippen LogP contribution in [0, 0.1) is 6.92 Å².